The molecule has 0 aliphatic heterocycles. The Bertz CT molecular complexity index is 524. The molecule has 1 saturated carbocycles. The van der Waals surface area contributed by atoms with Crippen LogP contribution in [0.1, 0.15) is 50.3 Å². The van der Waals surface area contributed by atoms with Crippen LogP contribution in [0.15, 0.2) is 29.3 Å². The molecule has 25 heavy (non-hydrogen) atoms. The van der Waals surface area contributed by atoms with Crippen LogP contribution < -0.4 is 10.6 Å². The third-order valence-electron chi connectivity index (χ3n) is 4.36. The minimum absolute atomic E-state index is 0. The van der Waals surface area contributed by atoms with Crippen LogP contribution in [0.3, 0.4) is 0 Å². The molecule has 0 amide bonds. The fourth-order valence-electron chi connectivity index (χ4n) is 3.04. The maximum Gasteiger partial charge on any atom is 0.191 e. The molecule has 0 aromatic heterocycles. The molecule has 142 valence electrons. The van der Waals surface area contributed by atoms with Crippen molar-refractivity contribution in [2.24, 2.45) is 4.99 Å². The first kappa shape index (κ1) is 22.6. The van der Waals surface area contributed by atoms with Gasteiger partial charge in [0.15, 0.2) is 5.96 Å². The maximum atomic E-state index is 10.3. The Morgan fingerprint density at radius 1 is 1.28 bits per heavy atom. The monoisotopic (exact) mass is 477 g/mol. The fourth-order valence-corrected chi connectivity index (χ4v) is 4.19. The molecule has 0 saturated heterocycles. The minimum atomic E-state index is -0.562. The summed E-state index contributed by atoms with van der Waals surface area (Å²) in [5.74, 6) is 2.00. The molecule has 1 aliphatic rings. The van der Waals surface area contributed by atoms with E-state index in [1.165, 1.54) is 30.6 Å². The Balaban J connectivity index is 0.00000312. The number of aliphatic hydroxyl groups excluding tert-OH is 1. The van der Waals surface area contributed by atoms with E-state index < -0.39 is 6.10 Å². The summed E-state index contributed by atoms with van der Waals surface area (Å²) >= 11 is 2.06. The van der Waals surface area contributed by atoms with E-state index >= 15 is 0 Å². The number of aryl methyl sites for hydroxylation is 1. The summed E-state index contributed by atoms with van der Waals surface area (Å²) < 4.78 is 0. The van der Waals surface area contributed by atoms with Crippen LogP contribution in [0, 0.1) is 6.92 Å². The van der Waals surface area contributed by atoms with Gasteiger partial charge in [-0.25, -0.2) is 0 Å². The molecule has 0 radical (unpaired) electrons. The number of rotatable bonds is 7. The zero-order valence-electron chi connectivity index (χ0n) is 15.5. The summed E-state index contributed by atoms with van der Waals surface area (Å²) in [4.78, 5) is 4.58. The predicted molar refractivity (Wildman–Crippen MR) is 120 cm³/mol. The van der Waals surface area contributed by atoms with Crippen LogP contribution in [0.2, 0.25) is 0 Å². The van der Waals surface area contributed by atoms with E-state index in [4.69, 9.17) is 0 Å². The van der Waals surface area contributed by atoms with Gasteiger partial charge in [0.05, 0.1) is 12.6 Å². The van der Waals surface area contributed by atoms with Crippen molar-refractivity contribution in [3.8, 4) is 0 Å². The third kappa shape index (κ3) is 7.74. The van der Waals surface area contributed by atoms with Gasteiger partial charge in [-0.2, -0.15) is 11.8 Å². The maximum absolute atomic E-state index is 10.3. The van der Waals surface area contributed by atoms with Crippen molar-refractivity contribution in [3.05, 3.63) is 35.4 Å². The summed E-state index contributed by atoms with van der Waals surface area (Å²) in [7, 11) is 0. The second-order valence-corrected chi connectivity index (χ2v) is 7.96. The molecule has 6 heteroatoms. The lowest BCUT2D eigenvalue weighted by atomic mass is 10.1. The molecule has 0 bridgehead atoms. The van der Waals surface area contributed by atoms with Crippen LogP contribution in [-0.2, 0) is 0 Å². The molecule has 3 atom stereocenters. The molecule has 1 aromatic carbocycles. The molecule has 1 fully saturated rings. The molecule has 1 aromatic rings. The molecule has 3 N–H and O–H groups in total. The lowest BCUT2D eigenvalue weighted by Crippen LogP contribution is -2.42. The van der Waals surface area contributed by atoms with Gasteiger partial charge in [0.1, 0.15) is 0 Å². The molecule has 3 unspecified atom stereocenters. The quantitative estimate of drug-likeness (QED) is 0.317. The summed E-state index contributed by atoms with van der Waals surface area (Å²) in [6, 6.07) is 8.48. The Kier molecular flexibility index (Phi) is 10.8. The molecular formula is C19H32IN3OS. The number of hydrogen-bond acceptors (Lipinski definition) is 3. The topological polar surface area (TPSA) is 56.7 Å². The summed E-state index contributed by atoms with van der Waals surface area (Å²) in [6.07, 6.45) is 3.11. The largest absolute Gasteiger partial charge is 0.386 e. The Morgan fingerprint density at radius 3 is 2.64 bits per heavy atom. The number of halogens is 1. The van der Waals surface area contributed by atoms with Crippen molar-refractivity contribution in [1.82, 2.24) is 10.6 Å². The molecule has 4 nitrogen and oxygen atoms in total. The van der Waals surface area contributed by atoms with Gasteiger partial charge in [-0.05, 0) is 44.4 Å². The van der Waals surface area contributed by atoms with Crippen LogP contribution >= 0.6 is 35.7 Å². The highest BCUT2D eigenvalue weighted by Gasteiger charge is 2.25. The average Bonchev–Trinajstić information content (AvgIpc) is 3.01. The van der Waals surface area contributed by atoms with E-state index in [1.54, 1.807) is 0 Å². The van der Waals surface area contributed by atoms with Crippen LogP contribution in [-0.4, -0.2) is 41.2 Å². The number of benzene rings is 1. The highest BCUT2D eigenvalue weighted by Crippen LogP contribution is 2.29. The molecule has 2 rings (SSSR count). The summed E-state index contributed by atoms with van der Waals surface area (Å²) in [6.45, 7) is 7.54. The van der Waals surface area contributed by atoms with Crippen molar-refractivity contribution < 1.29 is 5.11 Å². The SMILES string of the molecule is CCNC(=NCC(O)c1ccc(C)cc1)NC1CCC(SCC)C1.I. The van der Waals surface area contributed by atoms with Gasteiger partial charge in [-0.1, -0.05) is 36.8 Å². The number of hydrogen-bond donors (Lipinski definition) is 3. The lowest BCUT2D eigenvalue weighted by molar-refractivity contribution is 0.187. The summed E-state index contributed by atoms with van der Waals surface area (Å²) in [5, 5.41) is 17.9. The van der Waals surface area contributed by atoms with E-state index in [0.29, 0.717) is 12.6 Å². The van der Waals surface area contributed by atoms with Crippen molar-refractivity contribution in [1.29, 1.82) is 0 Å². The smallest absolute Gasteiger partial charge is 0.191 e. The Hall–Kier alpha value is -0.470. The number of thioether (sulfide) groups is 1. The van der Waals surface area contributed by atoms with Gasteiger partial charge in [0.25, 0.3) is 0 Å². The van der Waals surface area contributed by atoms with E-state index in [1.807, 2.05) is 31.2 Å². The van der Waals surface area contributed by atoms with Gasteiger partial charge in [-0.15, -0.1) is 24.0 Å². The van der Waals surface area contributed by atoms with Gasteiger partial charge < -0.3 is 15.7 Å². The second kappa shape index (κ2) is 12.0. The van der Waals surface area contributed by atoms with Crippen LogP contribution in [0.4, 0.5) is 0 Å². The van der Waals surface area contributed by atoms with E-state index in [0.717, 1.165) is 23.3 Å². The molecule has 0 heterocycles. The highest BCUT2D eigenvalue weighted by atomic mass is 127. The number of aliphatic hydroxyl groups is 1. The second-order valence-electron chi connectivity index (χ2n) is 6.38. The van der Waals surface area contributed by atoms with Crippen molar-refractivity contribution in [3.63, 3.8) is 0 Å². The lowest BCUT2D eigenvalue weighted by Gasteiger charge is -2.18. The number of nitrogens with zero attached hydrogens (tertiary/aromatic N) is 1. The van der Waals surface area contributed by atoms with Gasteiger partial charge in [0.2, 0.25) is 0 Å². The zero-order chi connectivity index (χ0) is 17.4. The Labute approximate surface area is 173 Å². The third-order valence-corrected chi connectivity index (χ3v) is 5.59. The van der Waals surface area contributed by atoms with Crippen LogP contribution in [0.5, 0.6) is 0 Å². The predicted octanol–water partition coefficient (Wildman–Crippen LogP) is 3.88. The van der Waals surface area contributed by atoms with Crippen molar-refractivity contribution in [2.45, 2.75) is 57.4 Å². The van der Waals surface area contributed by atoms with E-state index in [2.05, 4.69) is 41.2 Å². The first-order valence-electron chi connectivity index (χ1n) is 9.03. The average molecular weight is 477 g/mol. The zero-order valence-corrected chi connectivity index (χ0v) is 18.6. The number of nitrogens with one attached hydrogen (secondary N) is 2. The van der Waals surface area contributed by atoms with Crippen molar-refractivity contribution in [2.75, 3.05) is 18.8 Å². The molecule has 0 spiro atoms. The molecule has 1 aliphatic carbocycles. The van der Waals surface area contributed by atoms with E-state index in [9.17, 15) is 5.11 Å². The standard InChI is InChI=1S/C19H31N3OS.HI/c1-4-20-19(22-16-10-11-17(12-16)24-5-2)21-13-18(23)15-8-6-14(3)7-9-15;/h6-9,16-18,23H,4-5,10-13H2,1-3H3,(H2,20,21,22);1H. The minimum Gasteiger partial charge on any atom is -0.386 e. The number of aliphatic imine (C=N–C) groups is 1. The Morgan fingerprint density at radius 2 is 2.00 bits per heavy atom. The first-order valence-corrected chi connectivity index (χ1v) is 10.1. The number of guanidine groups is 1. The van der Waals surface area contributed by atoms with Crippen molar-refractivity contribution >= 4 is 41.7 Å². The first-order chi connectivity index (χ1) is 11.6. The van der Waals surface area contributed by atoms with Gasteiger partial charge >= 0.3 is 0 Å². The van der Waals surface area contributed by atoms with Gasteiger partial charge in [-0.3, -0.25) is 4.99 Å². The molecular weight excluding hydrogens is 445 g/mol. The fraction of sp³-hybridized carbons (Fsp3) is 0.632. The van der Waals surface area contributed by atoms with Crippen LogP contribution in [0.25, 0.3) is 0 Å². The van der Waals surface area contributed by atoms with E-state index in [-0.39, 0.29) is 24.0 Å². The van der Waals surface area contributed by atoms with Gasteiger partial charge in [0, 0.05) is 17.8 Å². The normalized spacial score (nSPS) is 21.5. The summed E-state index contributed by atoms with van der Waals surface area (Å²) in [5.41, 5.74) is 2.12. The highest BCUT2D eigenvalue weighted by molar-refractivity contribution is 14.0.